The number of imide groups is 1. The fraction of sp³-hybridized carbons (Fsp3) is 0.308. The Morgan fingerprint density at radius 1 is 1.11 bits per heavy atom. The summed E-state index contributed by atoms with van der Waals surface area (Å²) in [4.78, 5) is 51.4. The van der Waals surface area contributed by atoms with Crippen molar-refractivity contribution in [3.8, 4) is 11.5 Å². The summed E-state index contributed by atoms with van der Waals surface area (Å²) >= 11 is 10.3. The van der Waals surface area contributed by atoms with E-state index in [1.54, 1.807) is 18.2 Å². The minimum Gasteiger partial charge on any atom is -0.490 e. The Hall–Kier alpha value is -3.02. The number of carbonyl (C=O) groups is 4. The number of anilines is 1. The van der Waals surface area contributed by atoms with E-state index in [9.17, 15) is 19.2 Å². The van der Waals surface area contributed by atoms with E-state index < -0.39 is 29.6 Å². The maximum atomic E-state index is 13.0. The molecule has 0 aromatic heterocycles. The topological polar surface area (TPSA) is 111 Å². The third-order valence-electron chi connectivity index (χ3n) is 5.00. The zero-order valence-electron chi connectivity index (χ0n) is 21.0. The molecular formula is C26H26BrClN2O7S. The highest BCUT2D eigenvalue weighted by molar-refractivity contribution is 9.10. The van der Waals surface area contributed by atoms with Gasteiger partial charge >= 0.3 is 5.97 Å². The molecule has 2 aromatic rings. The van der Waals surface area contributed by atoms with E-state index in [4.69, 9.17) is 25.8 Å². The maximum Gasteiger partial charge on any atom is 0.339 e. The molecular weight excluding hydrogens is 600 g/mol. The van der Waals surface area contributed by atoms with Gasteiger partial charge in [0.25, 0.3) is 11.1 Å². The summed E-state index contributed by atoms with van der Waals surface area (Å²) in [5, 5.41) is 2.18. The van der Waals surface area contributed by atoms with Crippen molar-refractivity contribution in [1.82, 2.24) is 4.90 Å². The van der Waals surface area contributed by atoms with Gasteiger partial charge in [-0.15, -0.1) is 0 Å². The van der Waals surface area contributed by atoms with Gasteiger partial charge in [0.15, 0.2) is 11.5 Å². The Kier molecular flexibility index (Phi) is 10.6. The number of ether oxygens (including phenoxy) is 3. The lowest BCUT2D eigenvalue weighted by Crippen LogP contribution is -2.36. The highest BCUT2D eigenvalue weighted by atomic mass is 79.9. The monoisotopic (exact) mass is 624 g/mol. The minimum atomic E-state index is -0.619. The van der Waals surface area contributed by atoms with Gasteiger partial charge in [0.2, 0.25) is 5.91 Å². The number of thioether (sulfide) groups is 1. The van der Waals surface area contributed by atoms with Gasteiger partial charge in [-0.25, -0.2) is 4.79 Å². The van der Waals surface area contributed by atoms with Crippen molar-refractivity contribution in [3.63, 3.8) is 0 Å². The summed E-state index contributed by atoms with van der Waals surface area (Å²) in [5.74, 6) is -0.795. The average molecular weight is 626 g/mol. The van der Waals surface area contributed by atoms with Crippen LogP contribution < -0.4 is 14.8 Å². The van der Waals surface area contributed by atoms with Gasteiger partial charge in [0.1, 0.15) is 6.54 Å². The van der Waals surface area contributed by atoms with Crippen molar-refractivity contribution in [2.75, 3.05) is 31.7 Å². The summed E-state index contributed by atoms with van der Waals surface area (Å²) in [6.45, 7) is 6.15. The van der Waals surface area contributed by atoms with Crippen molar-refractivity contribution in [2.45, 2.75) is 27.2 Å². The Morgan fingerprint density at radius 2 is 1.84 bits per heavy atom. The van der Waals surface area contributed by atoms with Crippen molar-refractivity contribution >= 4 is 74.1 Å². The van der Waals surface area contributed by atoms with E-state index in [-0.39, 0.29) is 27.8 Å². The number of rotatable bonds is 11. The third-order valence-corrected chi connectivity index (χ3v) is 6.83. The van der Waals surface area contributed by atoms with E-state index >= 15 is 0 Å². The van der Waals surface area contributed by atoms with Crippen LogP contribution in [0.2, 0.25) is 5.02 Å². The predicted molar refractivity (Wildman–Crippen MR) is 150 cm³/mol. The van der Waals surface area contributed by atoms with Gasteiger partial charge in [0.05, 0.1) is 39.8 Å². The van der Waals surface area contributed by atoms with Crippen LogP contribution in [0.25, 0.3) is 6.08 Å². The minimum absolute atomic E-state index is 0.0972. The van der Waals surface area contributed by atoms with Gasteiger partial charge < -0.3 is 19.5 Å². The first kappa shape index (κ1) is 29.5. The number of nitrogens with one attached hydrogen (secondary N) is 1. The predicted octanol–water partition coefficient (Wildman–Crippen LogP) is 6.14. The molecule has 1 N–H and O–H groups in total. The van der Waals surface area contributed by atoms with Crippen molar-refractivity contribution < 1.29 is 33.4 Å². The van der Waals surface area contributed by atoms with Gasteiger partial charge in [-0.3, -0.25) is 19.3 Å². The molecule has 0 unspecified atom stereocenters. The number of halogens is 2. The molecule has 1 fully saturated rings. The molecule has 1 heterocycles. The zero-order chi connectivity index (χ0) is 27.8. The van der Waals surface area contributed by atoms with Gasteiger partial charge in [0, 0.05) is 5.69 Å². The van der Waals surface area contributed by atoms with E-state index in [1.807, 2.05) is 20.8 Å². The first-order chi connectivity index (χ1) is 18.2. The quantitative estimate of drug-likeness (QED) is 0.234. The first-order valence-corrected chi connectivity index (χ1v) is 13.8. The Morgan fingerprint density at radius 3 is 2.53 bits per heavy atom. The van der Waals surface area contributed by atoms with E-state index in [2.05, 4.69) is 21.2 Å². The van der Waals surface area contributed by atoms with Crippen LogP contribution in [0.1, 0.15) is 43.1 Å². The largest absolute Gasteiger partial charge is 0.490 e. The van der Waals surface area contributed by atoms with Crippen molar-refractivity contribution in [3.05, 3.63) is 55.9 Å². The average Bonchev–Trinajstić information content (AvgIpc) is 3.13. The van der Waals surface area contributed by atoms with Crippen LogP contribution in [0.15, 0.2) is 39.7 Å². The summed E-state index contributed by atoms with van der Waals surface area (Å²) < 4.78 is 17.0. The molecule has 0 bridgehead atoms. The normalized spacial score (nSPS) is 14.1. The molecule has 38 heavy (non-hydrogen) atoms. The van der Waals surface area contributed by atoms with Gasteiger partial charge in [-0.1, -0.05) is 18.5 Å². The summed E-state index contributed by atoms with van der Waals surface area (Å²) in [6, 6.07) is 7.80. The molecule has 9 nitrogen and oxygen atoms in total. The molecule has 3 rings (SSSR count). The number of esters is 1. The molecule has 0 aliphatic carbocycles. The van der Waals surface area contributed by atoms with Crippen LogP contribution in [0.4, 0.5) is 10.5 Å². The molecule has 1 aliphatic heterocycles. The standard InChI is InChI=1S/C26H26BrClN2O7S/c1-4-9-37-25(33)17-13-16(7-8-19(17)28)29-22(31)14-30-24(32)21(38-26(30)34)12-15-10-18(27)23(36-6-3)20(11-15)35-5-2/h7-8,10-13H,4-6,9,14H2,1-3H3,(H,29,31)/b21-12+. The maximum absolute atomic E-state index is 13.0. The van der Waals surface area contributed by atoms with Crippen LogP contribution in [0, 0.1) is 0 Å². The molecule has 12 heteroatoms. The van der Waals surface area contributed by atoms with Crippen LogP contribution in [0.5, 0.6) is 11.5 Å². The van der Waals surface area contributed by atoms with E-state index in [0.717, 1.165) is 16.7 Å². The van der Waals surface area contributed by atoms with E-state index in [0.29, 0.717) is 41.2 Å². The molecule has 3 amide bonds. The van der Waals surface area contributed by atoms with Crippen LogP contribution in [-0.2, 0) is 14.3 Å². The Labute approximate surface area is 237 Å². The molecule has 0 saturated carbocycles. The lowest BCUT2D eigenvalue weighted by molar-refractivity contribution is -0.127. The van der Waals surface area contributed by atoms with Crippen molar-refractivity contribution in [2.24, 2.45) is 0 Å². The number of benzene rings is 2. The lowest BCUT2D eigenvalue weighted by Gasteiger charge is -2.14. The number of carbonyl (C=O) groups excluding carboxylic acids is 4. The SMILES string of the molecule is CCCOC(=O)c1cc(NC(=O)CN2C(=O)S/C(=C/c3cc(Br)c(OCC)c(OCC)c3)C2=O)ccc1Cl. The molecule has 2 aromatic carbocycles. The highest BCUT2D eigenvalue weighted by Crippen LogP contribution is 2.39. The van der Waals surface area contributed by atoms with Crippen LogP contribution in [-0.4, -0.2) is 54.3 Å². The first-order valence-electron chi connectivity index (χ1n) is 11.8. The molecule has 0 radical (unpaired) electrons. The summed E-state index contributed by atoms with van der Waals surface area (Å²) in [5.41, 5.74) is 0.982. The fourth-order valence-electron chi connectivity index (χ4n) is 3.38. The number of hydrogen-bond acceptors (Lipinski definition) is 8. The molecule has 0 atom stereocenters. The highest BCUT2D eigenvalue weighted by Gasteiger charge is 2.36. The second-order valence-electron chi connectivity index (χ2n) is 7.84. The zero-order valence-corrected chi connectivity index (χ0v) is 24.1. The summed E-state index contributed by atoms with van der Waals surface area (Å²) in [7, 11) is 0. The molecule has 1 saturated heterocycles. The molecule has 1 aliphatic rings. The number of nitrogens with zero attached hydrogens (tertiary/aromatic N) is 1. The van der Waals surface area contributed by atoms with Crippen molar-refractivity contribution in [1.29, 1.82) is 0 Å². The Balaban J connectivity index is 1.73. The van der Waals surface area contributed by atoms with Gasteiger partial charge in [-0.05, 0) is 89.9 Å². The lowest BCUT2D eigenvalue weighted by atomic mass is 10.2. The van der Waals surface area contributed by atoms with E-state index in [1.165, 1.54) is 18.2 Å². The van der Waals surface area contributed by atoms with Crippen LogP contribution in [0.3, 0.4) is 0 Å². The third kappa shape index (κ3) is 7.30. The number of amides is 3. The Bertz CT molecular complexity index is 1280. The second-order valence-corrected chi connectivity index (χ2v) is 10.1. The summed E-state index contributed by atoms with van der Waals surface area (Å²) in [6.07, 6.45) is 2.20. The second kappa shape index (κ2) is 13.7. The molecule has 0 spiro atoms. The smallest absolute Gasteiger partial charge is 0.339 e. The number of hydrogen-bond donors (Lipinski definition) is 1. The fourth-order valence-corrected chi connectivity index (χ4v) is 4.99. The molecule has 202 valence electrons. The van der Waals surface area contributed by atoms with Gasteiger partial charge in [-0.2, -0.15) is 0 Å². The van der Waals surface area contributed by atoms with Crippen LogP contribution >= 0.6 is 39.3 Å².